The van der Waals surface area contributed by atoms with Crippen LogP contribution in [-0.4, -0.2) is 55.8 Å². The monoisotopic (exact) mass is 204 g/mol. The molecule has 0 aromatic carbocycles. The number of nitrogens with two attached hydrogens (primary N) is 1. The highest BCUT2D eigenvalue weighted by Gasteiger charge is 2.13. The molecule has 0 unspecified atom stereocenters. The third kappa shape index (κ3) is 4.86. The van der Waals surface area contributed by atoms with Gasteiger partial charge in [-0.25, -0.2) is 0 Å². The fourth-order valence-corrected chi connectivity index (χ4v) is 2.01. The molecular formula is C9H20N2OS. The summed E-state index contributed by atoms with van der Waals surface area (Å²) >= 11 is 1.87. The molecule has 0 aromatic rings. The Bertz CT molecular complexity index is 129. The van der Waals surface area contributed by atoms with Gasteiger partial charge in [-0.05, 0) is 18.4 Å². The summed E-state index contributed by atoms with van der Waals surface area (Å²) in [6, 6.07) is 0.338. The summed E-state index contributed by atoms with van der Waals surface area (Å²) in [5.41, 5.74) is 5.99. The van der Waals surface area contributed by atoms with E-state index in [2.05, 4.69) is 11.2 Å². The highest BCUT2D eigenvalue weighted by atomic mass is 32.2. The molecule has 3 nitrogen and oxygen atoms in total. The molecule has 0 aromatic heterocycles. The minimum atomic E-state index is 0.338. The van der Waals surface area contributed by atoms with Crippen LogP contribution in [0, 0.1) is 0 Å². The second kappa shape index (κ2) is 6.65. The molecule has 13 heavy (non-hydrogen) atoms. The number of hydrogen-bond acceptors (Lipinski definition) is 4. The quantitative estimate of drug-likeness (QED) is 0.703. The molecule has 2 N–H and O–H groups in total. The first-order chi connectivity index (χ1) is 6.33. The molecule has 0 saturated carbocycles. The molecule has 4 heteroatoms. The van der Waals surface area contributed by atoms with Gasteiger partial charge in [0.05, 0.1) is 13.2 Å². The van der Waals surface area contributed by atoms with Crippen LogP contribution in [0.1, 0.15) is 6.42 Å². The summed E-state index contributed by atoms with van der Waals surface area (Å²) in [7, 11) is 0. The van der Waals surface area contributed by atoms with E-state index in [9.17, 15) is 0 Å². The zero-order chi connectivity index (χ0) is 9.52. The van der Waals surface area contributed by atoms with Gasteiger partial charge in [0.15, 0.2) is 0 Å². The summed E-state index contributed by atoms with van der Waals surface area (Å²) in [6.07, 6.45) is 3.25. The van der Waals surface area contributed by atoms with Crippen molar-refractivity contribution in [3.8, 4) is 0 Å². The fraction of sp³-hybridized carbons (Fsp3) is 1.00. The van der Waals surface area contributed by atoms with Crippen molar-refractivity contribution >= 4 is 11.8 Å². The predicted octanol–water partition coefficient (Wildman–Crippen LogP) is 0.399. The maximum absolute atomic E-state index is 5.99. The molecule has 1 rings (SSSR count). The molecule has 0 amide bonds. The van der Waals surface area contributed by atoms with Gasteiger partial charge >= 0.3 is 0 Å². The second-order valence-electron chi connectivity index (χ2n) is 3.45. The first-order valence-electron chi connectivity index (χ1n) is 4.87. The van der Waals surface area contributed by atoms with E-state index in [4.69, 9.17) is 10.5 Å². The van der Waals surface area contributed by atoms with E-state index < -0.39 is 0 Å². The van der Waals surface area contributed by atoms with Gasteiger partial charge in [0.2, 0.25) is 0 Å². The Morgan fingerprint density at radius 1 is 1.46 bits per heavy atom. The van der Waals surface area contributed by atoms with Crippen molar-refractivity contribution < 1.29 is 4.74 Å². The summed E-state index contributed by atoms with van der Waals surface area (Å²) in [6.45, 7) is 4.87. The predicted molar refractivity (Wildman–Crippen MR) is 58.2 cm³/mol. The van der Waals surface area contributed by atoms with E-state index in [0.717, 1.165) is 39.3 Å². The molecule has 1 fully saturated rings. The lowest BCUT2D eigenvalue weighted by molar-refractivity contribution is 0.0352. The SMILES string of the molecule is CSCC[C@@H](N)CN1CCOCC1. The molecule has 1 aliphatic rings. The van der Waals surface area contributed by atoms with Gasteiger partial charge < -0.3 is 10.5 Å². The maximum Gasteiger partial charge on any atom is 0.0594 e. The van der Waals surface area contributed by atoms with Crippen LogP contribution in [0.15, 0.2) is 0 Å². The minimum Gasteiger partial charge on any atom is -0.379 e. The molecule has 1 aliphatic heterocycles. The number of hydrogen-bond donors (Lipinski definition) is 1. The summed E-state index contributed by atoms with van der Waals surface area (Å²) < 4.78 is 5.28. The number of ether oxygens (including phenoxy) is 1. The van der Waals surface area contributed by atoms with Crippen molar-refractivity contribution in [1.82, 2.24) is 4.90 Å². The smallest absolute Gasteiger partial charge is 0.0594 e. The molecule has 1 saturated heterocycles. The van der Waals surface area contributed by atoms with Gasteiger partial charge in [0.1, 0.15) is 0 Å². The highest BCUT2D eigenvalue weighted by Crippen LogP contribution is 2.02. The lowest BCUT2D eigenvalue weighted by atomic mass is 10.2. The molecule has 0 aliphatic carbocycles. The Morgan fingerprint density at radius 2 is 2.15 bits per heavy atom. The zero-order valence-corrected chi connectivity index (χ0v) is 9.18. The molecule has 1 heterocycles. The largest absolute Gasteiger partial charge is 0.379 e. The Hall–Kier alpha value is 0.230. The van der Waals surface area contributed by atoms with Crippen molar-refractivity contribution in [2.75, 3.05) is 44.9 Å². The Balaban J connectivity index is 2.07. The number of morpholine rings is 1. The van der Waals surface area contributed by atoms with E-state index in [1.807, 2.05) is 11.8 Å². The van der Waals surface area contributed by atoms with Crippen LogP contribution >= 0.6 is 11.8 Å². The first kappa shape index (κ1) is 11.3. The van der Waals surface area contributed by atoms with Crippen molar-refractivity contribution in [2.45, 2.75) is 12.5 Å². The van der Waals surface area contributed by atoms with Crippen LogP contribution in [0.3, 0.4) is 0 Å². The highest BCUT2D eigenvalue weighted by molar-refractivity contribution is 7.98. The third-order valence-corrected chi connectivity index (χ3v) is 2.93. The molecule has 1 atom stereocenters. The van der Waals surface area contributed by atoms with Crippen LogP contribution in [0.25, 0.3) is 0 Å². The normalized spacial score (nSPS) is 21.7. The van der Waals surface area contributed by atoms with E-state index in [0.29, 0.717) is 6.04 Å². The molecule has 0 radical (unpaired) electrons. The lowest BCUT2D eigenvalue weighted by Gasteiger charge is -2.28. The molecule has 0 spiro atoms. The van der Waals surface area contributed by atoms with Gasteiger partial charge in [-0.1, -0.05) is 0 Å². The van der Waals surface area contributed by atoms with E-state index in [1.54, 1.807) is 0 Å². The number of nitrogens with zero attached hydrogens (tertiary/aromatic N) is 1. The Labute approximate surface area is 85.0 Å². The van der Waals surface area contributed by atoms with Crippen molar-refractivity contribution in [3.63, 3.8) is 0 Å². The fourth-order valence-electron chi connectivity index (χ4n) is 1.48. The summed E-state index contributed by atoms with van der Waals surface area (Å²) in [5.74, 6) is 1.17. The van der Waals surface area contributed by atoms with E-state index in [-0.39, 0.29) is 0 Å². The topological polar surface area (TPSA) is 38.5 Å². The summed E-state index contributed by atoms with van der Waals surface area (Å²) in [4.78, 5) is 2.40. The Morgan fingerprint density at radius 3 is 2.77 bits per heavy atom. The lowest BCUT2D eigenvalue weighted by Crippen LogP contribution is -2.43. The van der Waals surface area contributed by atoms with Crippen molar-refractivity contribution in [1.29, 1.82) is 0 Å². The maximum atomic E-state index is 5.99. The average Bonchev–Trinajstić information content (AvgIpc) is 2.16. The van der Waals surface area contributed by atoms with Crippen LogP contribution in [-0.2, 0) is 4.74 Å². The van der Waals surface area contributed by atoms with Gasteiger partial charge in [-0.15, -0.1) is 0 Å². The molecular weight excluding hydrogens is 184 g/mol. The van der Waals surface area contributed by atoms with Crippen LogP contribution in [0.5, 0.6) is 0 Å². The van der Waals surface area contributed by atoms with Crippen LogP contribution in [0.4, 0.5) is 0 Å². The van der Waals surface area contributed by atoms with Crippen molar-refractivity contribution in [3.05, 3.63) is 0 Å². The standard InChI is InChI=1S/C9H20N2OS/c1-13-7-2-9(10)8-11-3-5-12-6-4-11/h9H,2-8,10H2,1H3/t9-/m1/s1. The number of thioether (sulfide) groups is 1. The Kier molecular flexibility index (Phi) is 5.78. The average molecular weight is 204 g/mol. The summed E-state index contributed by atoms with van der Waals surface area (Å²) in [5, 5.41) is 0. The zero-order valence-electron chi connectivity index (χ0n) is 8.37. The van der Waals surface area contributed by atoms with Gasteiger partial charge in [-0.3, -0.25) is 4.90 Å². The van der Waals surface area contributed by atoms with Gasteiger partial charge in [-0.2, -0.15) is 11.8 Å². The number of rotatable bonds is 5. The van der Waals surface area contributed by atoms with Gasteiger partial charge in [0.25, 0.3) is 0 Å². The van der Waals surface area contributed by atoms with E-state index in [1.165, 1.54) is 5.75 Å². The van der Waals surface area contributed by atoms with Crippen LogP contribution < -0.4 is 5.73 Å². The van der Waals surface area contributed by atoms with Gasteiger partial charge in [0, 0.05) is 25.7 Å². The molecule has 0 bridgehead atoms. The molecule has 78 valence electrons. The minimum absolute atomic E-state index is 0.338. The van der Waals surface area contributed by atoms with Crippen molar-refractivity contribution in [2.24, 2.45) is 5.73 Å². The van der Waals surface area contributed by atoms with E-state index >= 15 is 0 Å². The second-order valence-corrected chi connectivity index (χ2v) is 4.44. The van der Waals surface area contributed by atoms with Crippen LogP contribution in [0.2, 0.25) is 0 Å². The third-order valence-electron chi connectivity index (χ3n) is 2.29. The first-order valence-corrected chi connectivity index (χ1v) is 6.27.